The number of pyridine rings is 1. The molecule has 2 unspecified atom stereocenters. The van der Waals surface area contributed by atoms with E-state index in [1.165, 1.54) is 6.20 Å². The molecule has 1 aromatic rings. The average Bonchev–Trinajstić information content (AvgIpc) is 2.28. The number of nitrogens with one attached hydrogen (secondary N) is 1. The summed E-state index contributed by atoms with van der Waals surface area (Å²) in [5.41, 5.74) is 0.375. The van der Waals surface area contributed by atoms with Gasteiger partial charge in [0.2, 0.25) is 0 Å². The van der Waals surface area contributed by atoms with Crippen molar-refractivity contribution in [3.05, 3.63) is 28.4 Å². The smallest absolute Gasteiger partial charge is 0.386 e. The minimum absolute atomic E-state index is 0.0137. The maximum atomic E-state index is 10.7. The quantitative estimate of drug-likeness (QED) is 0.584. The van der Waals surface area contributed by atoms with E-state index in [0.717, 1.165) is 0 Å². The Morgan fingerprint density at radius 1 is 1.62 bits per heavy atom. The Balaban J connectivity index is 2.84. The molecule has 0 saturated heterocycles. The van der Waals surface area contributed by atoms with E-state index >= 15 is 0 Å². The summed E-state index contributed by atoms with van der Waals surface area (Å²) < 4.78 is 0. The van der Waals surface area contributed by atoms with E-state index in [-0.39, 0.29) is 24.4 Å². The SMILES string of the molecule is CC(CO)C(C)Nc1cccnc1[N+](=O)[O-]. The fourth-order valence-corrected chi connectivity index (χ4v) is 1.20. The van der Waals surface area contributed by atoms with E-state index in [0.29, 0.717) is 5.69 Å². The summed E-state index contributed by atoms with van der Waals surface area (Å²) in [6.07, 6.45) is 1.38. The Morgan fingerprint density at radius 3 is 2.88 bits per heavy atom. The highest BCUT2D eigenvalue weighted by molar-refractivity contribution is 5.57. The van der Waals surface area contributed by atoms with Crippen LogP contribution in [0.2, 0.25) is 0 Å². The van der Waals surface area contributed by atoms with Crippen molar-refractivity contribution < 1.29 is 10.0 Å². The third-order valence-electron chi connectivity index (χ3n) is 2.48. The summed E-state index contributed by atoms with van der Waals surface area (Å²) in [5.74, 6) is -0.181. The van der Waals surface area contributed by atoms with Gasteiger partial charge in [0.05, 0.1) is 0 Å². The highest BCUT2D eigenvalue weighted by Gasteiger charge is 2.18. The maximum Gasteiger partial charge on any atom is 0.386 e. The summed E-state index contributed by atoms with van der Waals surface area (Å²) in [5, 5.41) is 22.6. The van der Waals surface area contributed by atoms with Crippen LogP contribution >= 0.6 is 0 Å². The fourth-order valence-electron chi connectivity index (χ4n) is 1.20. The molecule has 0 aliphatic rings. The standard InChI is InChI=1S/C10H15N3O3/c1-7(6-14)8(2)12-9-4-3-5-11-10(9)13(15)16/h3-5,7-8,12,14H,6H2,1-2H3. The molecule has 0 aliphatic carbocycles. The molecule has 0 saturated carbocycles. The number of rotatable bonds is 5. The van der Waals surface area contributed by atoms with Crippen LogP contribution in [0.15, 0.2) is 18.3 Å². The van der Waals surface area contributed by atoms with Crippen molar-refractivity contribution in [2.24, 2.45) is 5.92 Å². The minimum atomic E-state index is -0.529. The van der Waals surface area contributed by atoms with Crippen LogP contribution in [0.3, 0.4) is 0 Å². The van der Waals surface area contributed by atoms with Crippen LogP contribution in [0.1, 0.15) is 13.8 Å². The largest absolute Gasteiger partial charge is 0.396 e. The topological polar surface area (TPSA) is 88.3 Å². The van der Waals surface area contributed by atoms with Crippen LogP contribution in [0.25, 0.3) is 0 Å². The normalized spacial score (nSPS) is 14.2. The Kier molecular flexibility index (Phi) is 4.19. The van der Waals surface area contributed by atoms with Crippen LogP contribution in [0, 0.1) is 16.0 Å². The Morgan fingerprint density at radius 2 is 2.31 bits per heavy atom. The number of anilines is 1. The van der Waals surface area contributed by atoms with Crippen molar-refractivity contribution in [2.45, 2.75) is 19.9 Å². The lowest BCUT2D eigenvalue weighted by Gasteiger charge is -2.19. The number of aromatic nitrogens is 1. The molecule has 6 heteroatoms. The lowest BCUT2D eigenvalue weighted by Crippen LogP contribution is -2.26. The van der Waals surface area contributed by atoms with Gasteiger partial charge in [-0.3, -0.25) is 0 Å². The molecule has 1 heterocycles. The highest BCUT2D eigenvalue weighted by atomic mass is 16.6. The van der Waals surface area contributed by atoms with Gasteiger partial charge in [0.1, 0.15) is 11.9 Å². The Bertz CT molecular complexity index is 370. The number of hydrogen-bond donors (Lipinski definition) is 2. The molecule has 16 heavy (non-hydrogen) atoms. The number of nitrogens with zero attached hydrogens (tertiary/aromatic N) is 2. The predicted octanol–water partition coefficient (Wildman–Crippen LogP) is 1.42. The van der Waals surface area contributed by atoms with E-state index in [2.05, 4.69) is 10.3 Å². The van der Waals surface area contributed by atoms with E-state index in [1.54, 1.807) is 12.1 Å². The first-order valence-electron chi connectivity index (χ1n) is 5.03. The monoisotopic (exact) mass is 225 g/mol. The molecule has 88 valence electrons. The van der Waals surface area contributed by atoms with E-state index in [4.69, 9.17) is 5.11 Å². The second kappa shape index (κ2) is 5.41. The predicted molar refractivity (Wildman–Crippen MR) is 60.2 cm³/mol. The first-order chi connectivity index (χ1) is 7.56. The van der Waals surface area contributed by atoms with Crippen LogP contribution in [0.5, 0.6) is 0 Å². The number of nitro groups is 1. The lowest BCUT2D eigenvalue weighted by atomic mass is 10.1. The molecular formula is C10H15N3O3. The van der Waals surface area contributed by atoms with Crippen LogP contribution < -0.4 is 5.32 Å². The first-order valence-corrected chi connectivity index (χ1v) is 5.03. The van der Waals surface area contributed by atoms with Gasteiger partial charge < -0.3 is 20.5 Å². The van der Waals surface area contributed by atoms with Gasteiger partial charge in [-0.2, -0.15) is 0 Å². The number of hydrogen-bond acceptors (Lipinski definition) is 5. The van der Waals surface area contributed by atoms with Gasteiger partial charge in [-0.1, -0.05) is 6.92 Å². The van der Waals surface area contributed by atoms with Crippen molar-refractivity contribution in [2.75, 3.05) is 11.9 Å². The molecule has 0 spiro atoms. The molecule has 0 fully saturated rings. The van der Waals surface area contributed by atoms with E-state index in [9.17, 15) is 10.1 Å². The third kappa shape index (κ3) is 2.90. The van der Waals surface area contributed by atoms with Crippen LogP contribution in [0.4, 0.5) is 11.5 Å². The molecule has 0 radical (unpaired) electrons. The van der Waals surface area contributed by atoms with Crippen molar-refractivity contribution in [1.29, 1.82) is 0 Å². The minimum Gasteiger partial charge on any atom is -0.396 e. The van der Waals surface area contributed by atoms with Gasteiger partial charge in [0.25, 0.3) is 0 Å². The molecule has 2 N–H and O–H groups in total. The zero-order chi connectivity index (χ0) is 12.1. The molecule has 1 rings (SSSR count). The molecule has 2 atom stereocenters. The number of aliphatic hydroxyl groups is 1. The Hall–Kier alpha value is -1.69. The van der Waals surface area contributed by atoms with Gasteiger partial charge in [-0.05, 0) is 34.9 Å². The van der Waals surface area contributed by atoms with Crippen LogP contribution in [-0.4, -0.2) is 27.7 Å². The van der Waals surface area contributed by atoms with Crippen molar-refractivity contribution >= 4 is 11.5 Å². The first kappa shape index (κ1) is 12.4. The molecule has 6 nitrogen and oxygen atoms in total. The van der Waals surface area contributed by atoms with Crippen molar-refractivity contribution in [3.8, 4) is 0 Å². The lowest BCUT2D eigenvalue weighted by molar-refractivity contribution is -0.388. The van der Waals surface area contributed by atoms with E-state index < -0.39 is 4.92 Å². The summed E-state index contributed by atoms with van der Waals surface area (Å²) in [6.45, 7) is 3.75. The second-order valence-corrected chi connectivity index (χ2v) is 3.72. The molecule has 0 aromatic carbocycles. The number of aliphatic hydroxyl groups excluding tert-OH is 1. The molecule has 0 bridgehead atoms. The summed E-state index contributed by atoms with van der Waals surface area (Å²) in [7, 11) is 0. The zero-order valence-corrected chi connectivity index (χ0v) is 9.25. The fraction of sp³-hybridized carbons (Fsp3) is 0.500. The molecule has 0 amide bonds. The second-order valence-electron chi connectivity index (χ2n) is 3.72. The molecule has 1 aromatic heterocycles. The van der Waals surface area contributed by atoms with E-state index in [1.807, 2.05) is 13.8 Å². The molecular weight excluding hydrogens is 210 g/mol. The summed E-state index contributed by atoms with van der Waals surface area (Å²) >= 11 is 0. The highest BCUT2D eigenvalue weighted by Crippen LogP contribution is 2.22. The summed E-state index contributed by atoms with van der Waals surface area (Å²) in [4.78, 5) is 13.9. The summed E-state index contributed by atoms with van der Waals surface area (Å²) in [6, 6.07) is 3.17. The van der Waals surface area contributed by atoms with Gasteiger partial charge in [0, 0.05) is 12.6 Å². The van der Waals surface area contributed by atoms with Crippen molar-refractivity contribution in [1.82, 2.24) is 4.98 Å². The van der Waals surface area contributed by atoms with Gasteiger partial charge in [-0.25, -0.2) is 0 Å². The molecule has 0 aliphatic heterocycles. The van der Waals surface area contributed by atoms with Crippen LogP contribution in [-0.2, 0) is 0 Å². The third-order valence-corrected chi connectivity index (χ3v) is 2.48. The van der Waals surface area contributed by atoms with Gasteiger partial charge in [0.15, 0.2) is 0 Å². The average molecular weight is 225 g/mol. The van der Waals surface area contributed by atoms with Crippen molar-refractivity contribution in [3.63, 3.8) is 0 Å². The Labute approximate surface area is 93.5 Å². The zero-order valence-electron chi connectivity index (χ0n) is 9.25. The van der Waals surface area contributed by atoms with Gasteiger partial charge in [-0.15, -0.1) is 0 Å². The maximum absolute atomic E-state index is 10.7. The van der Waals surface area contributed by atoms with Gasteiger partial charge >= 0.3 is 5.82 Å².